The van der Waals surface area contributed by atoms with E-state index in [1.807, 2.05) is 0 Å². The minimum absolute atomic E-state index is 0.162. The van der Waals surface area contributed by atoms with Gasteiger partial charge in [0.05, 0.1) is 0 Å². The average molecular weight is 281 g/mol. The number of nitrogens with one attached hydrogen (secondary N) is 1. The Bertz CT molecular complexity index is 670. The second-order valence-electron chi connectivity index (χ2n) is 4.83. The van der Waals surface area contributed by atoms with Crippen LogP contribution in [0.15, 0.2) is 15.8 Å². The minimum Gasteiger partial charge on any atom is -0.480 e. The first-order chi connectivity index (χ1) is 9.34. The fourth-order valence-corrected chi connectivity index (χ4v) is 1.99. The molecule has 1 aliphatic carbocycles. The molecule has 0 unspecified atom stereocenters. The Morgan fingerprint density at radius 2 is 2.05 bits per heavy atom. The number of carboxylic acids is 1. The van der Waals surface area contributed by atoms with Crippen LogP contribution in [-0.4, -0.2) is 43.5 Å². The fourth-order valence-electron chi connectivity index (χ4n) is 1.99. The van der Waals surface area contributed by atoms with E-state index < -0.39 is 29.2 Å². The lowest BCUT2D eigenvalue weighted by molar-refractivity contribution is -0.141. The maximum Gasteiger partial charge on any atom is 0.328 e. The van der Waals surface area contributed by atoms with Gasteiger partial charge in [0.2, 0.25) is 0 Å². The minimum atomic E-state index is -1.13. The lowest BCUT2D eigenvalue weighted by Crippen LogP contribution is -2.47. The highest BCUT2D eigenvalue weighted by molar-refractivity contribution is 5.96. The number of aromatic nitrogens is 2. The van der Waals surface area contributed by atoms with E-state index in [0.717, 1.165) is 10.8 Å². The van der Waals surface area contributed by atoms with E-state index >= 15 is 0 Å². The molecule has 1 heterocycles. The monoisotopic (exact) mass is 281 g/mol. The van der Waals surface area contributed by atoms with Crippen molar-refractivity contribution in [1.82, 2.24) is 14.5 Å². The maximum atomic E-state index is 12.4. The van der Waals surface area contributed by atoms with Crippen LogP contribution in [0.5, 0.6) is 0 Å². The molecule has 2 rings (SSSR count). The summed E-state index contributed by atoms with van der Waals surface area (Å²) in [6.07, 6.45) is 2.47. The number of aliphatic carboxylic acids is 1. The highest BCUT2D eigenvalue weighted by atomic mass is 16.4. The molecule has 1 aromatic heterocycles. The van der Waals surface area contributed by atoms with Crippen LogP contribution >= 0.6 is 0 Å². The molecule has 2 N–H and O–H groups in total. The maximum absolute atomic E-state index is 12.4. The molecule has 1 aliphatic rings. The molecule has 0 saturated heterocycles. The van der Waals surface area contributed by atoms with Crippen LogP contribution in [0.25, 0.3) is 0 Å². The summed E-state index contributed by atoms with van der Waals surface area (Å²) in [4.78, 5) is 50.1. The molecule has 0 bridgehead atoms. The largest absolute Gasteiger partial charge is 0.480 e. The van der Waals surface area contributed by atoms with Gasteiger partial charge in [-0.3, -0.25) is 14.2 Å². The average Bonchev–Trinajstić information content (AvgIpc) is 3.20. The van der Waals surface area contributed by atoms with Crippen LogP contribution < -0.4 is 11.2 Å². The lowest BCUT2D eigenvalue weighted by Gasteiger charge is -2.26. The normalized spacial score (nSPS) is 15.7. The molecule has 1 aromatic rings. The van der Waals surface area contributed by atoms with Crippen molar-refractivity contribution in [3.05, 3.63) is 32.6 Å². The summed E-state index contributed by atoms with van der Waals surface area (Å²) < 4.78 is 0.781. The third-order valence-corrected chi connectivity index (χ3v) is 3.36. The van der Waals surface area contributed by atoms with Crippen molar-refractivity contribution in [2.45, 2.75) is 31.8 Å². The van der Waals surface area contributed by atoms with E-state index in [1.165, 1.54) is 18.9 Å². The van der Waals surface area contributed by atoms with Crippen molar-refractivity contribution in [3.8, 4) is 0 Å². The molecule has 1 saturated carbocycles. The van der Waals surface area contributed by atoms with Crippen molar-refractivity contribution in [2.75, 3.05) is 0 Å². The van der Waals surface area contributed by atoms with E-state index in [0.29, 0.717) is 12.8 Å². The van der Waals surface area contributed by atoms with E-state index in [4.69, 9.17) is 5.11 Å². The first-order valence-electron chi connectivity index (χ1n) is 6.18. The summed E-state index contributed by atoms with van der Waals surface area (Å²) in [5.41, 5.74) is -1.59. The zero-order valence-electron chi connectivity index (χ0n) is 11.1. The van der Waals surface area contributed by atoms with Gasteiger partial charge in [0, 0.05) is 19.3 Å². The topological polar surface area (TPSA) is 112 Å². The first kappa shape index (κ1) is 14.0. The molecule has 8 nitrogen and oxygen atoms in total. The predicted octanol–water partition coefficient (Wildman–Crippen LogP) is -0.849. The fraction of sp³-hybridized carbons (Fsp3) is 0.500. The zero-order valence-corrected chi connectivity index (χ0v) is 11.1. The van der Waals surface area contributed by atoms with Gasteiger partial charge in [0.15, 0.2) is 0 Å². The molecular weight excluding hydrogens is 266 g/mol. The van der Waals surface area contributed by atoms with Gasteiger partial charge in [-0.1, -0.05) is 0 Å². The van der Waals surface area contributed by atoms with E-state index in [9.17, 15) is 19.2 Å². The van der Waals surface area contributed by atoms with Crippen molar-refractivity contribution in [3.63, 3.8) is 0 Å². The number of hydrogen-bond acceptors (Lipinski definition) is 4. The Kier molecular flexibility index (Phi) is 3.47. The number of aromatic amines is 1. The first-order valence-corrected chi connectivity index (χ1v) is 6.18. The quantitative estimate of drug-likeness (QED) is 0.746. The number of carbonyl (C=O) groups is 2. The molecule has 0 aromatic carbocycles. The summed E-state index contributed by atoms with van der Waals surface area (Å²) in [6, 6.07) is -1.18. The Morgan fingerprint density at radius 3 is 2.55 bits per heavy atom. The summed E-state index contributed by atoms with van der Waals surface area (Å²) in [5, 5.41) is 9.06. The zero-order chi connectivity index (χ0) is 15.0. The number of rotatable bonds is 4. The molecule has 20 heavy (non-hydrogen) atoms. The molecule has 0 radical (unpaired) electrons. The van der Waals surface area contributed by atoms with Crippen molar-refractivity contribution in [2.24, 2.45) is 7.05 Å². The molecule has 0 aliphatic heterocycles. The number of hydrogen-bond donors (Lipinski definition) is 2. The van der Waals surface area contributed by atoms with Crippen LogP contribution in [-0.2, 0) is 11.8 Å². The van der Waals surface area contributed by atoms with Gasteiger partial charge in [-0.2, -0.15) is 0 Å². The standard InChI is InChI=1S/C12H15N3O5/c1-6(11(18)19)15(7-3-4-7)10(17)8-5-13-12(20)14(2)9(8)16/h5-7H,3-4H2,1-2H3,(H,13,20)(H,18,19)/t6-/m0/s1. The van der Waals surface area contributed by atoms with Crippen LogP contribution in [0.2, 0.25) is 0 Å². The van der Waals surface area contributed by atoms with Gasteiger partial charge in [0.25, 0.3) is 11.5 Å². The van der Waals surface area contributed by atoms with Crippen molar-refractivity contribution in [1.29, 1.82) is 0 Å². The highest BCUT2D eigenvalue weighted by Crippen LogP contribution is 2.29. The van der Waals surface area contributed by atoms with Crippen LogP contribution in [0, 0.1) is 0 Å². The molecule has 108 valence electrons. The van der Waals surface area contributed by atoms with E-state index in [2.05, 4.69) is 4.98 Å². The molecule has 1 atom stereocenters. The Balaban J connectivity index is 2.43. The molecule has 0 spiro atoms. The predicted molar refractivity (Wildman–Crippen MR) is 68.6 cm³/mol. The van der Waals surface area contributed by atoms with Gasteiger partial charge >= 0.3 is 11.7 Å². The number of carbonyl (C=O) groups excluding carboxylic acids is 1. The van der Waals surface area contributed by atoms with Crippen molar-refractivity contribution < 1.29 is 14.7 Å². The van der Waals surface area contributed by atoms with Crippen LogP contribution in [0.1, 0.15) is 30.1 Å². The third kappa shape index (κ3) is 2.36. The number of carboxylic acid groups (broad SMARTS) is 1. The van der Waals surface area contributed by atoms with Crippen molar-refractivity contribution >= 4 is 11.9 Å². The Labute approximate surface area is 113 Å². The molecule has 1 amide bonds. The van der Waals surface area contributed by atoms with Gasteiger partial charge in [-0.05, 0) is 19.8 Å². The van der Waals surface area contributed by atoms with Crippen LogP contribution in [0.4, 0.5) is 0 Å². The number of H-pyrrole nitrogens is 1. The number of nitrogens with zero attached hydrogens (tertiary/aromatic N) is 2. The van der Waals surface area contributed by atoms with E-state index in [-0.39, 0.29) is 11.6 Å². The van der Waals surface area contributed by atoms with Gasteiger partial charge in [0.1, 0.15) is 11.6 Å². The molecule has 8 heteroatoms. The Hall–Kier alpha value is -2.38. The third-order valence-electron chi connectivity index (χ3n) is 3.36. The van der Waals surface area contributed by atoms with Crippen LogP contribution in [0.3, 0.4) is 0 Å². The van der Waals surface area contributed by atoms with Gasteiger partial charge in [-0.15, -0.1) is 0 Å². The Morgan fingerprint density at radius 1 is 1.45 bits per heavy atom. The van der Waals surface area contributed by atoms with Gasteiger partial charge in [-0.25, -0.2) is 9.59 Å². The smallest absolute Gasteiger partial charge is 0.328 e. The number of amides is 1. The SMILES string of the molecule is C[C@@H](C(=O)O)N(C(=O)c1c[nH]c(=O)n(C)c1=O)C1CC1. The van der Waals surface area contributed by atoms with E-state index in [1.54, 1.807) is 0 Å². The molecule has 1 fully saturated rings. The summed E-state index contributed by atoms with van der Waals surface area (Å²) in [6.45, 7) is 1.40. The summed E-state index contributed by atoms with van der Waals surface area (Å²) in [7, 11) is 1.25. The lowest BCUT2D eigenvalue weighted by atomic mass is 10.2. The summed E-state index contributed by atoms with van der Waals surface area (Å²) in [5.74, 6) is -1.80. The second-order valence-corrected chi connectivity index (χ2v) is 4.83. The second kappa shape index (κ2) is 4.95. The van der Waals surface area contributed by atoms with Gasteiger partial charge < -0.3 is 15.0 Å². The summed E-state index contributed by atoms with van der Waals surface area (Å²) >= 11 is 0. The molecular formula is C12H15N3O5. The highest BCUT2D eigenvalue weighted by Gasteiger charge is 2.39.